The lowest BCUT2D eigenvalue weighted by molar-refractivity contribution is -0.130. The van der Waals surface area contributed by atoms with Gasteiger partial charge in [0.2, 0.25) is 5.91 Å². The molecule has 1 fully saturated rings. The highest BCUT2D eigenvalue weighted by Crippen LogP contribution is 2.26. The van der Waals surface area contributed by atoms with Crippen molar-refractivity contribution < 1.29 is 4.79 Å². The molecule has 0 spiro atoms. The van der Waals surface area contributed by atoms with Crippen LogP contribution >= 0.6 is 11.6 Å². The second-order valence-corrected chi connectivity index (χ2v) is 8.35. The fourth-order valence-corrected chi connectivity index (χ4v) is 4.45. The highest BCUT2D eigenvalue weighted by molar-refractivity contribution is 6.33. The maximum atomic E-state index is 13.0. The molecule has 1 aromatic heterocycles. The maximum Gasteiger partial charge on any atom is 0.227 e. The van der Waals surface area contributed by atoms with Gasteiger partial charge in [-0.05, 0) is 34.5 Å². The zero-order valence-electron chi connectivity index (χ0n) is 17.6. The molecule has 5 nitrogen and oxygen atoms in total. The zero-order valence-corrected chi connectivity index (χ0v) is 18.4. The maximum absolute atomic E-state index is 13.0. The van der Waals surface area contributed by atoms with Crippen molar-refractivity contribution in [1.29, 1.82) is 0 Å². The van der Waals surface area contributed by atoms with Crippen molar-refractivity contribution >= 4 is 34.1 Å². The lowest BCUT2D eigenvalue weighted by Gasteiger charge is -2.35. The van der Waals surface area contributed by atoms with Gasteiger partial charge >= 0.3 is 0 Å². The van der Waals surface area contributed by atoms with E-state index in [0.29, 0.717) is 24.5 Å². The number of fused-ring (bicyclic) bond motifs is 1. The summed E-state index contributed by atoms with van der Waals surface area (Å²) in [4.78, 5) is 17.1. The summed E-state index contributed by atoms with van der Waals surface area (Å²) in [5, 5.41) is 11.7. The molecule has 160 valence electrons. The van der Waals surface area contributed by atoms with E-state index >= 15 is 0 Å². The molecule has 6 heteroatoms. The van der Waals surface area contributed by atoms with E-state index in [1.54, 1.807) is 0 Å². The van der Waals surface area contributed by atoms with Crippen molar-refractivity contribution in [3.63, 3.8) is 0 Å². The molecular formula is C26H23ClN4O. The molecule has 5 rings (SSSR count). The van der Waals surface area contributed by atoms with E-state index in [-0.39, 0.29) is 5.91 Å². The van der Waals surface area contributed by atoms with E-state index in [1.807, 2.05) is 65.6 Å². The summed E-state index contributed by atoms with van der Waals surface area (Å²) in [6, 6.07) is 25.9. The first-order chi connectivity index (χ1) is 15.7. The van der Waals surface area contributed by atoms with Gasteiger partial charge in [-0.1, -0.05) is 72.3 Å². The van der Waals surface area contributed by atoms with Crippen LogP contribution in [0.1, 0.15) is 5.56 Å². The molecule has 0 atom stereocenters. The third-order valence-corrected chi connectivity index (χ3v) is 6.31. The summed E-state index contributed by atoms with van der Waals surface area (Å²) in [5.74, 6) is 0.989. The average molecular weight is 443 g/mol. The summed E-state index contributed by atoms with van der Waals surface area (Å²) in [6.45, 7) is 2.83. The van der Waals surface area contributed by atoms with Crippen molar-refractivity contribution in [3.05, 3.63) is 89.4 Å². The Balaban J connectivity index is 1.22. The number of benzene rings is 3. The van der Waals surface area contributed by atoms with E-state index in [1.165, 1.54) is 5.39 Å². The van der Waals surface area contributed by atoms with Gasteiger partial charge in [0.25, 0.3) is 0 Å². The van der Waals surface area contributed by atoms with Crippen molar-refractivity contribution in [2.24, 2.45) is 0 Å². The average Bonchev–Trinajstić information content (AvgIpc) is 2.85. The standard InChI is InChI=1S/C26H23ClN4O/c27-23-11-4-3-10-22(23)24-12-13-25(29-28-24)30-14-16-31(17-15-30)26(32)18-20-8-5-7-19-6-1-2-9-21(19)20/h1-13H,14-18H2. The molecule has 1 amide bonds. The molecule has 0 N–H and O–H groups in total. The minimum atomic E-state index is 0.168. The topological polar surface area (TPSA) is 49.3 Å². The molecular weight excluding hydrogens is 420 g/mol. The van der Waals surface area contributed by atoms with Crippen LogP contribution in [0.5, 0.6) is 0 Å². The van der Waals surface area contributed by atoms with Gasteiger partial charge in [-0.3, -0.25) is 4.79 Å². The highest BCUT2D eigenvalue weighted by Gasteiger charge is 2.22. The minimum Gasteiger partial charge on any atom is -0.352 e. The highest BCUT2D eigenvalue weighted by atomic mass is 35.5. The van der Waals surface area contributed by atoms with Gasteiger partial charge in [-0.15, -0.1) is 10.2 Å². The molecule has 0 saturated carbocycles. The summed E-state index contributed by atoms with van der Waals surface area (Å²) in [7, 11) is 0. The van der Waals surface area contributed by atoms with Crippen molar-refractivity contribution in [2.75, 3.05) is 31.1 Å². The van der Waals surface area contributed by atoms with Crippen LogP contribution in [0.3, 0.4) is 0 Å². The normalized spacial score (nSPS) is 14.0. The van der Waals surface area contributed by atoms with Crippen molar-refractivity contribution in [1.82, 2.24) is 15.1 Å². The Morgan fingerprint density at radius 2 is 1.56 bits per heavy atom. The molecule has 1 aliphatic heterocycles. The van der Waals surface area contributed by atoms with Crippen LogP contribution < -0.4 is 4.90 Å². The summed E-state index contributed by atoms with van der Waals surface area (Å²) in [5.41, 5.74) is 2.71. The first kappa shape index (κ1) is 20.5. The fourth-order valence-electron chi connectivity index (χ4n) is 4.21. The Morgan fingerprint density at radius 1 is 0.812 bits per heavy atom. The largest absolute Gasteiger partial charge is 0.352 e. The molecule has 1 aliphatic rings. The smallest absolute Gasteiger partial charge is 0.227 e. The van der Waals surface area contributed by atoms with E-state index in [2.05, 4.69) is 33.3 Å². The van der Waals surface area contributed by atoms with Crippen LogP contribution in [-0.4, -0.2) is 47.2 Å². The molecule has 1 saturated heterocycles. The monoisotopic (exact) mass is 442 g/mol. The van der Waals surface area contributed by atoms with Gasteiger partial charge in [0.15, 0.2) is 5.82 Å². The van der Waals surface area contributed by atoms with E-state index < -0.39 is 0 Å². The minimum absolute atomic E-state index is 0.168. The zero-order chi connectivity index (χ0) is 21.9. The third-order valence-electron chi connectivity index (χ3n) is 5.98. The van der Waals surface area contributed by atoms with Crippen molar-refractivity contribution in [3.8, 4) is 11.3 Å². The number of piperazine rings is 1. The quantitative estimate of drug-likeness (QED) is 0.453. The Bertz CT molecular complexity index is 1240. The molecule has 4 aromatic rings. The number of hydrogen-bond acceptors (Lipinski definition) is 4. The first-order valence-corrected chi connectivity index (χ1v) is 11.1. The van der Waals surface area contributed by atoms with Crippen LogP contribution in [0.2, 0.25) is 5.02 Å². The number of carbonyl (C=O) groups is 1. The predicted molar refractivity (Wildman–Crippen MR) is 129 cm³/mol. The van der Waals surface area contributed by atoms with E-state index in [9.17, 15) is 4.79 Å². The molecule has 0 bridgehead atoms. The number of carbonyl (C=O) groups excluding carboxylic acids is 1. The van der Waals surface area contributed by atoms with Gasteiger partial charge in [0.05, 0.1) is 17.1 Å². The van der Waals surface area contributed by atoms with Gasteiger partial charge in [0.1, 0.15) is 0 Å². The lowest BCUT2D eigenvalue weighted by Crippen LogP contribution is -2.49. The Kier molecular flexibility index (Phi) is 5.73. The van der Waals surface area contributed by atoms with Crippen LogP contribution in [0.25, 0.3) is 22.0 Å². The Morgan fingerprint density at radius 3 is 2.34 bits per heavy atom. The number of hydrogen-bond donors (Lipinski definition) is 0. The van der Waals surface area contributed by atoms with E-state index in [0.717, 1.165) is 41.1 Å². The third kappa shape index (κ3) is 4.16. The van der Waals surface area contributed by atoms with Gasteiger partial charge in [0, 0.05) is 31.7 Å². The van der Waals surface area contributed by atoms with Crippen LogP contribution in [0, 0.1) is 0 Å². The van der Waals surface area contributed by atoms with E-state index in [4.69, 9.17) is 11.6 Å². The summed E-state index contributed by atoms with van der Waals surface area (Å²) in [6.07, 6.45) is 0.424. The second-order valence-electron chi connectivity index (χ2n) is 7.94. The molecule has 2 heterocycles. The summed E-state index contributed by atoms with van der Waals surface area (Å²) >= 11 is 6.27. The number of aromatic nitrogens is 2. The van der Waals surface area contributed by atoms with Crippen LogP contribution in [0.4, 0.5) is 5.82 Å². The molecule has 32 heavy (non-hydrogen) atoms. The van der Waals surface area contributed by atoms with Crippen LogP contribution in [-0.2, 0) is 11.2 Å². The molecule has 3 aromatic carbocycles. The number of anilines is 1. The number of amides is 1. The Hall–Kier alpha value is -3.44. The number of rotatable bonds is 4. The second kappa shape index (κ2) is 8.97. The SMILES string of the molecule is O=C(Cc1cccc2ccccc12)N1CCN(c2ccc(-c3ccccc3Cl)nn2)CC1. The van der Waals surface area contributed by atoms with Gasteiger partial charge in [-0.2, -0.15) is 0 Å². The number of nitrogens with zero attached hydrogens (tertiary/aromatic N) is 4. The molecule has 0 radical (unpaired) electrons. The van der Waals surface area contributed by atoms with Gasteiger partial charge < -0.3 is 9.80 Å². The van der Waals surface area contributed by atoms with Crippen LogP contribution in [0.15, 0.2) is 78.9 Å². The lowest BCUT2D eigenvalue weighted by atomic mass is 10.0. The molecule has 0 aliphatic carbocycles. The van der Waals surface area contributed by atoms with Crippen molar-refractivity contribution in [2.45, 2.75) is 6.42 Å². The molecule has 0 unspecified atom stereocenters. The Labute approximate surface area is 192 Å². The predicted octanol–water partition coefficient (Wildman–Crippen LogP) is 4.84. The van der Waals surface area contributed by atoms with Gasteiger partial charge in [-0.25, -0.2) is 0 Å². The fraction of sp³-hybridized carbons (Fsp3) is 0.192. The summed E-state index contributed by atoms with van der Waals surface area (Å²) < 4.78 is 0. The first-order valence-electron chi connectivity index (χ1n) is 10.8. The number of halogens is 1.